The van der Waals surface area contributed by atoms with Gasteiger partial charge in [-0.2, -0.15) is 4.57 Å². The van der Waals surface area contributed by atoms with Gasteiger partial charge in [-0.1, -0.05) is 24.3 Å². The Morgan fingerprint density at radius 1 is 1.07 bits per heavy atom. The van der Waals surface area contributed by atoms with Crippen LogP contribution < -0.4 is 20.7 Å². The average Bonchev–Trinajstić information content (AvgIpc) is 2.78. The largest absolute Gasteiger partial charge is 0.497 e. The summed E-state index contributed by atoms with van der Waals surface area (Å²) in [7, 11) is 1.57. The zero-order chi connectivity index (χ0) is 21.7. The zero-order valence-corrected chi connectivity index (χ0v) is 16.8. The zero-order valence-electron chi connectivity index (χ0n) is 16.8. The second-order valence-electron chi connectivity index (χ2n) is 6.60. The molecule has 3 aromatic rings. The van der Waals surface area contributed by atoms with Gasteiger partial charge in [-0.05, 0) is 43.3 Å². The molecule has 0 N–H and O–H groups in total. The van der Waals surface area contributed by atoms with Crippen LogP contribution >= 0.6 is 0 Å². The molecule has 0 saturated heterocycles. The third-order valence-corrected chi connectivity index (χ3v) is 4.62. The Morgan fingerprint density at radius 3 is 2.30 bits per heavy atom. The van der Waals surface area contributed by atoms with E-state index in [-0.39, 0.29) is 17.7 Å². The van der Waals surface area contributed by atoms with Crippen molar-refractivity contribution in [1.29, 1.82) is 0 Å². The van der Waals surface area contributed by atoms with Crippen molar-refractivity contribution < 1.29 is 14.3 Å². The molecule has 0 fully saturated rings. The van der Waals surface area contributed by atoms with E-state index in [1.807, 2.05) is 0 Å². The third kappa shape index (κ3) is 4.25. The van der Waals surface area contributed by atoms with Crippen LogP contribution in [-0.2, 0) is 0 Å². The van der Waals surface area contributed by atoms with Crippen molar-refractivity contribution in [1.82, 2.24) is 9.13 Å². The number of rotatable bonds is 7. The second-order valence-corrected chi connectivity index (χ2v) is 6.60. The number of benzene rings is 2. The van der Waals surface area contributed by atoms with Gasteiger partial charge in [-0.15, -0.1) is 6.58 Å². The lowest BCUT2D eigenvalue weighted by atomic mass is 10.2. The van der Waals surface area contributed by atoms with Gasteiger partial charge in [-0.3, -0.25) is 14.2 Å². The van der Waals surface area contributed by atoms with Crippen LogP contribution in [0.1, 0.15) is 22.0 Å². The number of ether oxygens (including phenoxy) is 2. The Hall–Kier alpha value is -3.87. The van der Waals surface area contributed by atoms with Crippen molar-refractivity contribution in [3.05, 3.63) is 105 Å². The molecule has 0 bridgehead atoms. The minimum Gasteiger partial charge on any atom is -0.497 e. The van der Waals surface area contributed by atoms with Crippen molar-refractivity contribution in [2.24, 2.45) is 0 Å². The van der Waals surface area contributed by atoms with Gasteiger partial charge in [0.15, 0.2) is 0 Å². The Kier molecular flexibility index (Phi) is 6.32. The Bertz CT molecular complexity index is 1160. The summed E-state index contributed by atoms with van der Waals surface area (Å²) >= 11 is 0. The van der Waals surface area contributed by atoms with Crippen LogP contribution in [0.15, 0.2) is 83.0 Å². The molecule has 0 amide bonds. The van der Waals surface area contributed by atoms with Crippen LogP contribution in [0.2, 0.25) is 0 Å². The molecule has 1 unspecified atom stereocenters. The highest BCUT2D eigenvalue weighted by molar-refractivity contribution is 5.95. The molecule has 1 heterocycles. The van der Waals surface area contributed by atoms with Gasteiger partial charge in [0, 0.05) is 17.3 Å². The SMILES string of the molecule is C=CC(COc1ccc(OC)cc1)n1cc(C)c(=O)n(C(=O)c2ccccc2)c1=O. The molecule has 7 nitrogen and oxygen atoms in total. The van der Waals surface area contributed by atoms with E-state index in [1.54, 1.807) is 68.6 Å². The molecule has 0 radical (unpaired) electrons. The monoisotopic (exact) mass is 406 g/mol. The molecule has 7 heteroatoms. The predicted molar refractivity (Wildman–Crippen MR) is 114 cm³/mol. The molecule has 1 atom stereocenters. The Labute approximate surface area is 173 Å². The molecule has 0 spiro atoms. The lowest BCUT2D eigenvalue weighted by Gasteiger charge is -2.19. The molecule has 0 aliphatic carbocycles. The van der Waals surface area contributed by atoms with E-state index >= 15 is 0 Å². The van der Waals surface area contributed by atoms with Gasteiger partial charge in [0.05, 0.1) is 13.2 Å². The van der Waals surface area contributed by atoms with Gasteiger partial charge in [0.25, 0.3) is 11.5 Å². The average molecular weight is 406 g/mol. The predicted octanol–water partition coefficient (Wildman–Crippen LogP) is 2.82. The maximum Gasteiger partial charge on any atom is 0.338 e. The summed E-state index contributed by atoms with van der Waals surface area (Å²) in [5.74, 6) is 0.601. The Balaban J connectivity index is 1.94. The van der Waals surface area contributed by atoms with Gasteiger partial charge in [0.2, 0.25) is 0 Å². The van der Waals surface area contributed by atoms with Gasteiger partial charge < -0.3 is 9.47 Å². The molecule has 1 aromatic heterocycles. The smallest absolute Gasteiger partial charge is 0.338 e. The van der Waals surface area contributed by atoms with E-state index < -0.39 is 23.2 Å². The maximum absolute atomic E-state index is 13.0. The van der Waals surface area contributed by atoms with E-state index in [4.69, 9.17) is 9.47 Å². The number of methoxy groups -OCH3 is 1. The fraction of sp³-hybridized carbons (Fsp3) is 0.174. The van der Waals surface area contributed by atoms with Crippen molar-refractivity contribution >= 4 is 5.91 Å². The van der Waals surface area contributed by atoms with Crippen molar-refractivity contribution in [2.45, 2.75) is 13.0 Å². The van der Waals surface area contributed by atoms with Crippen LogP contribution in [0.3, 0.4) is 0 Å². The second kappa shape index (κ2) is 9.09. The molecular weight excluding hydrogens is 384 g/mol. The molecule has 0 saturated carbocycles. The first kappa shape index (κ1) is 20.9. The summed E-state index contributed by atoms with van der Waals surface area (Å²) < 4.78 is 12.8. The summed E-state index contributed by atoms with van der Waals surface area (Å²) in [5, 5.41) is 0. The van der Waals surface area contributed by atoms with E-state index in [0.29, 0.717) is 16.1 Å². The topological polar surface area (TPSA) is 79.5 Å². The van der Waals surface area contributed by atoms with E-state index in [1.165, 1.54) is 16.8 Å². The van der Waals surface area contributed by atoms with Crippen molar-refractivity contribution in [3.63, 3.8) is 0 Å². The van der Waals surface area contributed by atoms with Crippen LogP contribution in [0.25, 0.3) is 0 Å². The minimum atomic E-state index is -0.748. The lowest BCUT2D eigenvalue weighted by molar-refractivity contribution is 0.0946. The fourth-order valence-electron chi connectivity index (χ4n) is 2.94. The fourth-order valence-corrected chi connectivity index (χ4v) is 2.94. The normalized spacial score (nSPS) is 11.5. The van der Waals surface area contributed by atoms with Crippen molar-refractivity contribution in [2.75, 3.05) is 13.7 Å². The van der Waals surface area contributed by atoms with Gasteiger partial charge >= 0.3 is 5.69 Å². The van der Waals surface area contributed by atoms with Gasteiger partial charge in [-0.25, -0.2) is 4.79 Å². The van der Waals surface area contributed by atoms with Crippen LogP contribution in [0.5, 0.6) is 11.5 Å². The number of carbonyl (C=O) groups excluding carboxylic acids is 1. The molecule has 30 heavy (non-hydrogen) atoms. The number of hydrogen-bond donors (Lipinski definition) is 0. The molecule has 3 rings (SSSR count). The molecular formula is C23H22N2O5. The van der Waals surface area contributed by atoms with Gasteiger partial charge in [0.1, 0.15) is 18.1 Å². The highest BCUT2D eigenvalue weighted by Crippen LogP contribution is 2.18. The minimum absolute atomic E-state index is 0.0902. The van der Waals surface area contributed by atoms with E-state index in [0.717, 1.165) is 0 Å². The molecule has 154 valence electrons. The lowest BCUT2D eigenvalue weighted by Crippen LogP contribution is -2.46. The number of carbonyl (C=O) groups is 1. The summed E-state index contributed by atoms with van der Waals surface area (Å²) in [6, 6.07) is 14.6. The number of aromatic nitrogens is 2. The van der Waals surface area contributed by atoms with Crippen molar-refractivity contribution in [3.8, 4) is 11.5 Å². The van der Waals surface area contributed by atoms with E-state index in [9.17, 15) is 14.4 Å². The van der Waals surface area contributed by atoms with E-state index in [2.05, 4.69) is 6.58 Å². The van der Waals surface area contributed by atoms with Crippen LogP contribution in [-0.4, -0.2) is 28.8 Å². The van der Waals surface area contributed by atoms with Crippen LogP contribution in [0.4, 0.5) is 0 Å². The highest BCUT2D eigenvalue weighted by Gasteiger charge is 2.20. The summed E-state index contributed by atoms with van der Waals surface area (Å²) in [4.78, 5) is 38.4. The quantitative estimate of drug-likeness (QED) is 0.564. The number of aryl methyl sites for hydroxylation is 1. The Morgan fingerprint density at radius 2 is 1.70 bits per heavy atom. The molecule has 2 aromatic carbocycles. The summed E-state index contributed by atoms with van der Waals surface area (Å²) in [6.07, 6.45) is 2.95. The standard InChI is InChI=1S/C23H22N2O5/c1-4-18(15-30-20-12-10-19(29-3)11-13-20)24-14-16(2)21(26)25(23(24)28)22(27)17-8-6-5-7-9-17/h4-14,18H,1,15H2,2-3H3. The first-order valence-corrected chi connectivity index (χ1v) is 9.30. The first-order chi connectivity index (χ1) is 14.5. The summed E-state index contributed by atoms with van der Waals surface area (Å²) in [6.45, 7) is 5.41. The maximum atomic E-state index is 13.0. The first-order valence-electron chi connectivity index (χ1n) is 9.30. The van der Waals surface area contributed by atoms with Crippen LogP contribution in [0, 0.1) is 6.92 Å². The number of hydrogen-bond acceptors (Lipinski definition) is 5. The third-order valence-electron chi connectivity index (χ3n) is 4.62. The number of nitrogens with zero attached hydrogens (tertiary/aromatic N) is 2. The summed E-state index contributed by atoms with van der Waals surface area (Å²) in [5.41, 5.74) is -0.889. The molecule has 0 aliphatic heterocycles. The molecule has 0 aliphatic rings. The highest BCUT2D eigenvalue weighted by atomic mass is 16.5.